The highest BCUT2D eigenvalue weighted by Gasteiger charge is 2.35. The topological polar surface area (TPSA) is 153 Å². The van der Waals surface area contributed by atoms with Gasteiger partial charge in [-0.15, -0.1) is 4.99 Å². The summed E-state index contributed by atoms with van der Waals surface area (Å²) >= 11 is 0. The maximum absolute atomic E-state index is 12.3. The number of carboxylic acid groups (broad SMARTS) is 1. The SMILES string of the molecule is C=CCOC(=O)N=C(N)N1CCCC(NC(=O)OC(C)(C)C)C1OCCCCCC(=O)O. The molecule has 0 aliphatic carbocycles. The molecule has 0 saturated carbocycles. The third kappa shape index (κ3) is 11.0. The van der Waals surface area contributed by atoms with Crippen molar-refractivity contribution in [2.24, 2.45) is 10.7 Å². The Kier molecular flexibility index (Phi) is 11.5. The lowest BCUT2D eigenvalue weighted by Crippen LogP contribution is -2.60. The Morgan fingerprint density at radius 3 is 2.62 bits per heavy atom. The first-order valence-electron chi connectivity index (χ1n) is 10.7. The third-order valence-corrected chi connectivity index (χ3v) is 4.42. The van der Waals surface area contributed by atoms with Crippen LogP contribution >= 0.6 is 0 Å². The largest absolute Gasteiger partial charge is 0.481 e. The number of likely N-dealkylation sites (tertiary alicyclic amines) is 1. The second-order valence-electron chi connectivity index (χ2n) is 8.39. The molecule has 1 saturated heterocycles. The van der Waals surface area contributed by atoms with Crippen LogP contribution in [0.5, 0.6) is 0 Å². The normalized spacial score (nSPS) is 19.2. The van der Waals surface area contributed by atoms with E-state index in [1.165, 1.54) is 6.08 Å². The predicted octanol–water partition coefficient (Wildman–Crippen LogP) is 2.60. The average Bonchev–Trinajstić information content (AvgIpc) is 2.67. The number of ether oxygens (including phenoxy) is 3. The summed E-state index contributed by atoms with van der Waals surface area (Å²) in [4.78, 5) is 40.1. The number of hydrogen-bond donors (Lipinski definition) is 3. The zero-order valence-electron chi connectivity index (χ0n) is 19.2. The Morgan fingerprint density at radius 2 is 2.00 bits per heavy atom. The fourth-order valence-corrected chi connectivity index (χ4v) is 3.10. The van der Waals surface area contributed by atoms with Crippen molar-refractivity contribution in [3.05, 3.63) is 12.7 Å². The molecule has 0 aromatic rings. The molecule has 0 bridgehead atoms. The van der Waals surface area contributed by atoms with Crippen molar-refractivity contribution in [3.63, 3.8) is 0 Å². The number of hydrogen-bond acceptors (Lipinski definition) is 6. The number of nitrogens with two attached hydrogens (primary N) is 1. The molecular weight excluding hydrogens is 420 g/mol. The van der Waals surface area contributed by atoms with Crippen LogP contribution in [0.2, 0.25) is 0 Å². The summed E-state index contributed by atoms with van der Waals surface area (Å²) in [6.45, 7) is 9.58. The van der Waals surface area contributed by atoms with Gasteiger partial charge in [-0.05, 0) is 46.5 Å². The molecule has 32 heavy (non-hydrogen) atoms. The molecule has 1 fully saturated rings. The van der Waals surface area contributed by atoms with E-state index in [0.717, 1.165) is 0 Å². The van der Waals surface area contributed by atoms with Crippen LogP contribution in [0.3, 0.4) is 0 Å². The minimum absolute atomic E-state index is 0.00864. The van der Waals surface area contributed by atoms with Crippen molar-refractivity contribution in [2.45, 2.75) is 77.2 Å². The van der Waals surface area contributed by atoms with Gasteiger partial charge in [0, 0.05) is 19.6 Å². The second-order valence-corrected chi connectivity index (χ2v) is 8.39. The number of alkyl carbamates (subject to hydrolysis) is 1. The highest BCUT2D eigenvalue weighted by Crippen LogP contribution is 2.20. The van der Waals surface area contributed by atoms with Gasteiger partial charge in [0.15, 0.2) is 6.23 Å². The molecule has 0 aromatic heterocycles. The summed E-state index contributed by atoms with van der Waals surface area (Å²) in [7, 11) is 0. The maximum atomic E-state index is 12.3. The third-order valence-electron chi connectivity index (χ3n) is 4.42. The molecule has 0 spiro atoms. The van der Waals surface area contributed by atoms with E-state index in [2.05, 4.69) is 16.9 Å². The lowest BCUT2D eigenvalue weighted by atomic mass is 10.0. The van der Waals surface area contributed by atoms with Crippen LogP contribution in [0.25, 0.3) is 0 Å². The molecule has 0 radical (unpaired) electrons. The minimum Gasteiger partial charge on any atom is -0.481 e. The lowest BCUT2D eigenvalue weighted by molar-refractivity contribution is -0.137. The van der Waals surface area contributed by atoms with Crippen LogP contribution in [0, 0.1) is 0 Å². The first kappa shape index (κ1) is 27.2. The van der Waals surface area contributed by atoms with Crippen LogP contribution in [-0.2, 0) is 19.0 Å². The number of nitrogens with one attached hydrogen (secondary N) is 1. The van der Waals surface area contributed by atoms with Gasteiger partial charge in [-0.1, -0.05) is 19.1 Å². The Morgan fingerprint density at radius 1 is 1.28 bits per heavy atom. The molecule has 11 nitrogen and oxygen atoms in total. The maximum Gasteiger partial charge on any atom is 0.437 e. The van der Waals surface area contributed by atoms with Crippen LogP contribution < -0.4 is 11.1 Å². The van der Waals surface area contributed by atoms with Gasteiger partial charge < -0.3 is 35.3 Å². The quantitative estimate of drug-likeness (QED) is 0.195. The molecule has 2 amide bonds. The highest BCUT2D eigenvalue weighted by atomic mass is 16.6. The number of aliphatic imine (C=N–C) groups is 1. The van der Waals surface area contributed by atoms with Crippen LogP contribution in [0.4, 0.5) is 9.59 Å². The summed E-state index contributed by atoms with van der Waals surface area (Å²) in [5.41, 5.74) is 5.39. The number of unbranched alkanes of at least 4 members (excludes halogenated alkanes) is 2. The smallest absolute Gasteiger partial charge is 0.437 e. The van der Waals surface area contributed by atoms with E-state index in [-0.39, 0.29) is 19.0 Å². The van der Waals surface area contributed by atoms with Crippen LogP contribution in [-0.4, -0.2) is 71.8 Å². The summed E-state index contributed by atoms with van der Waals surface area (Å²) < 4.78 is 16.2. The molecule has 1 aliphatic rings. The molecule has 2 unspecified atom stereocenters. The Labute approximate surface area is 189 Å². The molecule has 4 N–H and O–H groups in total. The molecule has 1 rings (SSSR count). The number of guanidine groups is 1. The van der Waals surface area contributed by atoms with Crippen molar-refractivity contribution < 1.29 is 33.7 Å². The van der Waals surface area contributed by atoms with Gasteiger partial charge in [0.05, 0.1) is 6.04 Å². The first-order valence-corrected chi connectivity index (χ1v) is 10.7. The summed E-state index contributed by atoms with van der Waals surface area (Å²) in [5, 5.41) is 11.6. The van der Waals surface area contributed by atoms with Crippen molar-refractivity contribution in [1.82, 2.24) is 10.2 Å². The lowest BCUT2D eigenvalue weighted by Gasteiger charge is -2.41. The number of aliphatic carboxylic acids is 1. The average molecular weight is 457 g/mol. The fourth-order valence-electron chi connectivity index (χ4n) is 3.10. The Balaban J connectivity index is 2.85. The van der Waals surface area contributed by atoms with E-state index in [0.29, 0.717) is 45.3 Å². The van der Waals surface area contributed by atoms with Crippen molar-refractivity contribution in [1.29, 1.82) is 0 Å². The van der Waals surface area contributed by atoms with E-state index in [1.54, 1.807) is 25.7 Å². The van der Waals surface area contributed by atoms with Gasteiger partial charge in [0.25, 0.3) is 0 Å². The zero-order valence-corrected chi connectivity index (χ0v) is 19.2. The summed E-state index contributed by atoms with van der Waals surface area (Å²) in [6.07, 6.45) is 2.57. The van der Waals surface area contributed by atoms with Crippen LogP contribution in [0.1, 0.15) is 59.3 Å². The summed E-state index contributed by atoms with van der Waals surface area (Å²) in [6, 6.07) is -0.449. The van der Waals surface area contributed by atoms with Crippen molar-refractivity contribution >= 4 is 24.1 Å². The number of rotatable bonds is 10. The van der Waals surface area contributed by atoms with Gasteiger partial charge in [0.2, 0.25) is 5.96 Å². The van der Waals surface area contributed by atoms with Gasteiger partial charge in [-0.3, -0.25) is 4.79 Å². The molecule has 1 heterocycles. The van der Waals surface area contributed by atoms with Crippen molar-refractivity contribution in [2.75, 3.05) is 19.8 Å². The van der Waals surface area contributed by atoms with Crippen molar-refractivity contribution in [3.8, 4) is 0 Å². The minimum atomic E-state index is -0.850. The number of piperidine rings is 1. The van der Waals surface area contributed by atoms with E-state index in [4.69, 9.17) is 25.1 Å². The first-order chi connectivity index (χ1) is 15.0. The number of carbonyl (C=O) groups excluding carboxylic acids is 2. The van der Waals surface area contributed by atoms with E-state index in [9.17, 15) is 14.4 Å². The standard InChI is InChI=1S/C21H36N4O7/c1-5-13-31-19(28)24-18(22)25-12-9-10-15(23-20(29)32-21(2,3)4)17(25)30-14-8-6-7-11-16(26)27/h5,15,17H,1,6-14H2,2-4H3,(H,23,29)(H,26,27)(H2,22,24,28). The second kappa shape index (κ2) is 13.6. The molecule has 182 valence electrons. The zero-order chi connectivity index (χ0) is 24.1. The van der Waals surface area contributed by atoms with E-state index >= 15 is 0 Å². The molecule has 1 aliphatic heterocycles. The van der Waals surface area contributed by atoms with E-state index in [1.807, 2.05) is 0 Å². The summed E-state index contributed by atoms with van der Waals surface area (Å²) in [5.74, 6) is -0.913. The fraction of sp³-hybridized carbons (Fsp3) is 0.714. The monoisotopic (exact) mass is 456 g/mol. The molecule has 0 aromatic carbocycles. The van der Waals surface area contributed by atoms with E-state index < -0.39 is 36.0 Å². The Hall–Kier alpha value is -2.82. The number of amides is 2. The number of nitrogens with zero attached hydrogens (tertiary/aromatic N) is 2. The van der Waals surface area contributed by atoms with Crippen LogP contribution in [0.15, 0.2) is 17.6 Å². The van der Waals surface area contributed by atoms with Gasteiger partial charge in [0.1, 0.15) is 12.2 Å². The highest BCUT2D eigenvalue weighted by molar-refractivity contribution is 5.89. The predicted molar refractivity (Wildman–Crippen MR) is 118 cm³/mol. The van der Waals surface area contributed by atoms with Gasteiger partial charge in [-0.25, -0.2) is 9.59 Å². The van der Waals surface area contributed by atoms with Gasteiger partial charge in [-0.2, -0.15) is 0 Å². The number of carbonyl (C=O) groups is 3. The molecule has 2 atom stereocenters. The number of carboxylic acids is 1. The van der Waals surface area contributed by atoms with Gasteiger partial charge >= 0.3 is 18.2 Å². The molecule has 11 heteroatoms. The Bertz CT molecular complexity index is 676. The molecular formula is C21H36N4O7.